The fourth-order valence-electron chi connectivity index (χ4n) is 0. The van der Waals surface area contributed by atoms with Crippen LogP contribution in [0.5, 0.6) is 0 Å². The summed E-state index contributed by atoms with van der Waals surface area (Å²) in [6.07, 6.45) is 0. The summed E-state index contributed by atoms with van der Waals surface area (Å²) >= 11 is 0. The van der Waals surface area contributed by atoms with E-state index in [1.807, 2.05) is 0 Å². The zero-order chi connectivity index (χ0) is 0. The van der Waals surface area contributed by atoms with E-state index in [2.05, 4.69) is 0 Å². The molecular formula is H7F6FeNa. The molecule has 8 heteroatoms. The van der Waals surface area contributed by atoms with Crippen LogP contribution in [0, 0.1) is 0 Å². The Bertz CT molecular complexity index is 8.49. The second-order valence-corrected chi connectivity index (χ2v) is 0. The molecule has 0 unspecified atom stereocenters. The third kappa shape index (κ3) is 218. The Morgan fingerprint density at radius 3 is 0.375 bits per heavy atom. The molecule has 0 aliphatic rings. The summed E-state index contributed by atoms with van der Waals surface area (Å²) in [5, 5.41) is 0. The number of hydrogen-bond acceptors (Lipinski definition) is 0. The molecule has 0 heterocycles. The van der Waals surface area contributed by atoms with Crippen LogP contribution in [-0.4, -0.2) is 29.6 Å². The Kier molecular flexibility index (Phi) is 20800. The monoisotopic (exact) mass is 200 g/mol. The van der Waals surface area contributed by atoms with Gasteiger partial charge in [-0.05, 0) is 0 Å². The standard InChI is InChI=1S/6FH.Fe.Na.H/h6*1H;;;. The maximum absolute atomic E-state index is 0. The van der Waals surface area contributed by atoms with E-state index in [1.165, 1.54) is 0 Å². The van der Waals surface area contributed by atoms with E-state index in [9.17, 15) is 0 Å². The SMILES string of the molecule is F.F.F.F.F.F.[Fe].[NaH]. The topological polar surface area (TPSA) is 0 Å². The van der Waals surface area contributed by atoms with Crippen molar-refractivity contribution in [3.8, 4) is 0 Å². The third-order valence-electron chi connectivity index (χ3n) is 0. The molecule has 58 valence electrons. The molecule has 0 rings (SSSR count). The van der Waals surface area contributed by atoms with Gasteiger partial charge < -0.3 is 0 Å². The Hall–Kier alpha value is 1.10. The Morgan fingerprint density at radius 2 is 0.375 bits per heavy atom. The van der Waals surface area contributed by atoms with E-state index >= 15 is 0 Å². The van der Waals surface area contributed by atoms with Gasteiger partial charge in [-0.15, -0.1) is 0 Å². The van der Waals surface area contributed by atoms with Crippen molar-refractivity contribution < 1.29 is 45.3 Å². The van der Waals surface area contributed by atoms with Crippen LogP contribution in [0.15, 0.2) is 0 Å². The van der Waals surface area contributed by atoms with E-state index in [0.717, 1.165) is 0 Å². The molecule has 0 amide bonds. The van der Waals surface area contributed by atoms with Gasteiger partial charge in [0.1, 0.15) is 0 Å². The van der Waals surface area contributed by atoms with Crippen molar-refractivity contribution >= 4 is 29.6 Å². The Labute approximate surface area is 74.7 Å². The van der Waals surface area contributed by atoms with Crippen LogP contribution >= 0.6 is 0 Å². The molecule has 0 spiro atoms. The fraction of sp³-hybridized carbons (Fsp3) is 0. The minimum atomic E-state index is 0. The van der Waals surface area contributed by atoms with Crippen molar-refractivity contribution in [1.82, 2.24) is 0 Å². The van der Waals surface area contributed by atoms with Crippen molar-refractivity contribution in [3.05, 3.63) is 0 Å². The van der Waals surface area contributed by atoms with Gasteiger partial charge in [-0.2, -0.15) is 0 Å². The molecule has 0 atom stereocenters. The van der Waals surface area contributed by atoms with Gasteiger partial charge in [0.25, 0.3) is 0 Å². The summed E-state index contributed by atoms with van der Waals surface area (Å²) in [5.41, 5.74) is 0. The fourth-order valence-corrected chi connectivity index (χ4v) is 0. The van der Waals surface area contributed by atoms with Gasteiger partial charge >= 0.3 is 29.6 Å². The molecule has 0 aliphatic heterocycles. The van der Waals surface area contributed by atoms with Crippen molar-refractivity contribution in [2.45, 2.75) is 0 Å². The van der Waals surface area contributed by atoms with Gasteiger partial charge in [-0.1, -0.05) is 0 Å². The van der Waals surface area contributed by atoms with Gasteiger partial charge in [0.05, 0.1) is 0 Å². The zero-order valence-electron chi connectivity index (χ0n) is 2.80. The number of halogens is 6. The molecule has 0 aromatic rings. The Morgan fingerprint density at radius 1 is 0.375 bits per heavy atom. The van der Waals surface area contributed by atoms with Gasteiger partial charge in [0.2, 0.25) is 0 Å². The molecular weight excluding hydrogens is 193 g/mol. The average Bonchev–Trinajstić information content (AvgIpc) is 0. The first-order valence-electron chi connectivity index (χ1n) is 0. The van der Waals surface area contributed by atoms with Crippen LogP contribution in [0.25, 0.3) is 0 Å². The van der Waals surface area contributed by atoms with Crippen LogP contribution in [0.2, 0.25) is 0 Å². The summed E-state index contributed by atoms with van der Waals surface area (Å²) in [6.45, 7) is 0. The molecule has 0 radical (unpaired) electrons. The van der Waals surface area contributed by atoms with Crippen molar-refractivity contribution in [3.63, 3.8) is 0 Å². The van der Waals surface area contributed by atoms with Gasteiger partial charge in [-0.25, -0.2) is 0 Å². The van der Waals surface area contributed by atoms with E-state index < -0.39 is 0 Å². The summed E-state index contributed by atoms with van der Waals surface area (Å²) in [4.78, 5) is 0. The van der Waals surface area contributed by atoms with Crippen LogP contribution in [0.4, 0.5) is 28.2 Å². The summed E-state index contributed by atoms with van der Waals surface area (Å²) < 4.78 is 0. The van der Waals surface area contributed by atoms with E-state index in [1.54, 1.807) is 0 Å². The molecule has 8 heavy (non-hydrogen) atoms. The second kappa shape index (κ2) is 338. The van der Waals surface area contributed by atoms with Gasteiger partial charge in [0.15, 0.2) is 0 Å². The first-order valence-corrected chi connectivity index (χ1v) is 0. The predicted molar refractivity (Wildman–Crippen MR) is 22.2 cm³/mol. The summed E-state index contributed by atoms with van der Waals surface area (Å²) in [6, 6.07) is 0. The molecule has 0 aromatic heterocycles. The molecule has 0 N–H and O–H groups in total. The average molecular weight is 200 g/mol. The van der Waals surface area contributed by atoms with Crippen molar-refractivity contribution in [2.24, 2.45) is 0 Å². The predicted octanol–water partition coefficient (Wildman–Crippen LogP) is 0.264. The van der Waals surface area contributed by atoms with E-state index in [4.69, 9.17) is 0 Å². The molecule has 0 nitrogen and oxygen atoms in total. The van der Waals surface area contributed by atoms with Crippen LogP contribution in [0.1, 0.15) is 0 Å². The second-order valence-electron chi connectivity index (χ2n) is 0. The first-order chi connectivity index (χ1) is 0. The number of rotatable bonds is 0. The van der Waals surface area contributed by atoms with Crippen molar-refractivity contribution in [1.29, 1.82) is 0 Å². The Balaban J connectivity index is 0. The molecule has 0 aromatic carbocycles. The van der Waals surface area contributed by atoms with Crippen molar-refractivity contribution in [2.75, 3.05) is 0 Å². The number of hydrogen-bond donors (Lipinski definition) is 0. The van der Waals surface area contributed by atoms with Crippen LogP contribution < -0.4 is 0 Å². The van der Waals surface area contributed by atoms with Gasteiger partial charge in [0, 0.05) is 17.1 Å². The summed E-state index contributed by atoms with van der Waals surface area (Å²) in [7, 11) is 0. The molecule has 0 saturated heterocycles. The molecule has 0 aliphatic carbocycles. The van der Waals surface area contributed by atoms with Gasteiger partial charge in [-0.3, -0.25) is 28.2 Å². The van der Waals surface area contributed by atoms with E-state index in [-0.39, 0.29) is 74.9 Å². The molecule has 0 bridgehead atoms. The quantitative estimate of drug-likeness (QED) is 0.388. The first kappa shape index (κ1) is 494. The maximum atomic E-state index is 0. The zero-order valence-corrected chi connectivity index (χ0v) is 3.91. The van der Waals surface area contributed by atoms with Crippen LogP contribution in [0.3, 0.4) is 0 Å². The molecule has 0 saturated carbocycles. The van der Waals surface area contributed by atoms with E-state index in [0.29, 0.717) is 0 Å². The van der Waals surface area contributed by atoms with Crippen LogP contribution in [-0.2, 0) is 17.1 Å². The summed E-state index contributed by atoms with van der Waals surface area (Å²) in [5.74, 6) is 0. The third-order valence-corrected chi connectivity index (χ3v) is 0. The normalized spacial score (nSPS) is 0. The molecule has 0 fully saturated rings. The minimum absolute atomic E-state index is 0.